The van der Waals surface area contributed by atoms with Crippen LogP contribution < -0.4 is 5.73 Å². The Kier molecular flexibility index (Phi) is 1.51. The minimum absolute atomic E-state index is 0.0187. The Bertz CT molecular complexity index is 117. The molecule has 0 heterocycles. The smallest absolute Gasteiger partial charge is 0.128 e. The normalized spacial score (nSPS) is 36.3. The molecule has 3 heteroatoms. The van der Waals surface area contributed by atoms with Gasteiger partial charge in [-0.1, -0.05) is 13.8 Å². The summed E-state index contributed by atoms with van der Waals surface area (Å²) in [6.45, 7) is 4.65. The van der Waals surface area contributed by atoms with Crippen LogP contribution in [0.25, 0.3) is 0 Å². The lowest BCUT2D eigenvalue weighted by Gasteiger charge is -1.99. The van der Waals surface area contributed by atoms with Crippen molar-refractivity contribution in [2.24, 2.45) is 17.1 Å². The van der Waals surface area contributed by atoms with Gasteiger partial charge in [0.25, 0.3) is 0 Å². The molecule has 9 heavy (non-hydrogen) atoms. The first-order valence-electron chi connectivity index (χ1n) is 3.02. The Labute approximate surface area is 65.5 Å². The third-order valence-electron chi connectivity index (χ3n) is 2.32. The summed E-state index contributed by atoms with van der Waals surface area (Å²) in [6.07, 6.45) is 0. The van der Waals surface area contributed by atoms with Crippen molar-refractivity contribution in [3.63, 3.8) is 0 Å². The largest absolute Gasteiger partial charge is 0.330 e. The first-order valence-corrected chi connectivity index (χ1v) is 3.78. The Hall–Kier alpha value is 0.540. The molecular weight excluding hydrogens is 157 g/mol. The van der Waals surface area contributed by atoms with Gasteiger partial charge in [-0.3, -0.25) is 0 Å². The van der Waals surface area contributed by atoms with Crippen molar-refractivity contribution < 1.29 is 0 Å². The number of nitrogens with two attached hydrogens (primary N) is 1. The van der Waals surface area contributed by atoms with E-state index in [4.69, 9.17) is 28.9 Å². The topological polar surface area (TPSA) is 26.0 Å². The minimum Gasteiger partial charge on any atom is -0.330 e. The number of rotatable bonds is 1. The van der Waals surface area contributed by atoms with Crippen molar-refractivity contribution in [3.8, 4) is 0 Å². The lowest BCUT2D eigenvalue weighted by Crippen LogP contribution is -2.06. The standard InChI is InChI=1S/C6H11Cl2N/c1-5(2)4(3-9)6(5,7)8/h4H,3,9H2,1-2H3. The SMILES string of the molecule is CC1(C)C(CN)C1(Cl)Cl. The van der Waals surface area contributed by atoms with Crippen LogP contribution in [0.4, 0.5) is 0 Å². The zero-order valence-electron chi connectivity index (χ0n) is 5.62. The van der Waals surface area contributed by atoms with Crippen molar-refractivity contribution in [1.82, 2.24) is 0 Å². The first kappa shape index (κ1) is 7.64. The second-order valence-electron chi connectivity index (χ2n) is 3.13. The molecule has 1 rings (SSSR count). The van der Waals surface area contributed by atoms with Gasteiger partial charge in [-0.25, -0.2) is 0 Å². The van der Waals surface area contributed by atoms with Gasteiger partial charge in [-0.2, -0.15) is 0 Å². The maximum atomic E-state index is 5.88. The van der Waals surface area contributed by atoms with Gasteiger partial charge < -0.3 is 5.73 Å². The molecule has 1 atom stereocenters. The molecule has 0 radical (unpaired) electrons. The molecule has 0 bridgehead atoms. The molecule has 0 spiro atoms. The fourth-order valence-electron chi connectivity index (χ4n) is 1.20. The third-order valence-corrected chi connectivity index (χ3v) is 3.82. The average Bonchev–Trinajstić information content (AvgIpc) is 2.00. The Morgan fingerprint density at radius 2 is 1.78 bits per heavy atom. The fraction of sp³-hybridized carbons (Fsp3) is 1.00. The molecule has 2 N–H and O–H groups in total. The molecule has 1 nitrogen and oxygen atoms in total. The summed E-state index contributed by atoms with van der Waals surface area (Å²) in [5.74, 6) is 0.272. The Balaban J connectivity index is 2.66. The summed E-state index contributed by atoms with van der Waals surface area (Å²) in [7, 11) is 0. The van der Waals surface area contributed by atoms with Gasteiger partial charge >= 0.3 is 0 Å². The second kappa shape index (κ2) is 1.77. The predicted molar refractivity (Wildman–Crippen MR) is 40.8 cm³/mol. The first-order chi connectivity index (χ1) is 3.94. The Morgan fingerprint density at radius 1 is 1.44 bits per heavy atom. The van der Waals surface area contributed by atoms with Crippen LogP contribution in [-0.4, -0.2) is 10.9 Å². The zero-order chi connectivity index (χ0) is 7.28. The average molecular weight is 168 g/mol. The fourth-order valence-corrected chi connectivity index (χ4v) is 2.08. The molecule has 1 aliphatic carbocycles. The maximum Gasteiger partial charge on any atom is 0.128 e. The van der Waals surface area contributed by atoms with E-state index >= 15 is 0 Å². The van der Waals surface area contributed by atoms with Crippen LogP contribution in [0.2, 0.25) is 0 Å². The van der Waals surface area contributed by atoms with Crippen molar-refractivity contribution >= 4 is 23.2 Å². The van der Waals surface area contributed by atoms with E-state index in [1.807, 2.05) is 13.8 Å². The highest BCUT2D eigenvalue weighted by molar-refractivity contribution is 6.51. The van der Waals surface area contributed by atoms with Crippen LogP contribution in [0, 0.1) is 11.3 Å². The summed E-state index contributed by atoms with van der Waals surface area (Å²) in [4.78, 5) is 0. The van der Waals surface area contributed by atoms with E-state index in [1.165, 1.54) is 0 Å². The van der Waals surface area contributed by atoms with E-state index in [2.05, 4.69) is 0 Å². The number of alkyl halides is 2. The molecule has 0 amide bonds. The van der Waals surface area contributed by atoms with Crippen LogP contribution in [0.3, 0.4) is 0 Å². The molecule has 0 aromatic rings. The minimum atomic E-state index is -0.568. The number of hydrogen-bond donors (Lipinski definition) is 1. The summed E-state index contributed by atoms with van der Waals surface area (Å²) in [5, 5.41) is 0. The molecule has 1 unspecified atom stereocenters. The molecule has 0 aromatic carbocycles. The Morgan fingerprint density at radius 3 is 1.78 bits per heavy atom. The molecule has 54 valence electrons. The summed E-state index contributed by atoms with van der Waals surface area (Å²) in [5.41, 5.74) is 5.43. The van der Waals surface area contributed by atoms with Crippen LogP contribution in [-0.2, 0) is 0 Å². The van der Waals surface area contributed by atoms with Crippen molar-refractivity contribution in [3.05, 3.63) is 0 Å². The van der Waals surface area contributed by atoms with Crippen LogP contribution in [0.1, 0.15) is 13.8 Å². The summed E-state index contributed by atoms with van der Waals surface area (Å²) >= 11 is 11.8. The lowest BCUT2D eigenvalue weighted by molar-refractivity contribution is 0.563. The molecular formula is C6H11Cl2N. The van der Waals surface area contributed by atoms with Gasteiger partial charge in [0.15, 0.2) is 0 Å². The molecule has 0 aromatic heterocycles. The van der Waals surface area contributed by atoms with Crippen molar-refractivity contribution in [2.45, 2.75) is 18.2 Å². The zero-order valence-corrected chi connectivity index (χ0v) is 7.13. The molecule has 1 fully saturated rings. The van der Waals surface area contributed by atoms with Crippen molar-refractivity contribution in [2.75, 3.05) is 6.54 Å². The van der Waals surface area contributed by atoms with E-state index in [9.17, 15) is 0 Å². The van der Waals surface area contributed by atoms with E-state index in [0.717, 1.165) is 0 Å². The van der Waals surface area contributed by atoms with E-state index in [-0.39, 0.29) is 11.3 Å². The van der Waals surface area contributed by atoms with Gasteiger partial charge in [-0.15, -0.1) is 23.2 Å². The van der Waals surface area contributed by atoms with Crippen LogP contribution in [0.5, 0.6) is 0 Å². The highest BCUT2D eigenvalue weighted by Gasteiger charge is 2.69. The predicted octanol–water partition coefficient (Wildman–Crippen LogP) is 1.77. The molecule has 1 aliphatic rings. The highest BCUT2D eigenvalue weighted by atomic mass is 35.5. The van der Waals surface area contributed by atoms with Gasteiger partial charge in [0.1, 0.15) is 4.33 Å². The highest BCUT2D eigenvalue weighted by Crippen LogP contribution is 2.68. The van der Waals surface area contributed by atoms with Gasteiger partial charge in [0.2, 0.25) is 0 Å². The lowest BCUT2D eigenvalue weighted by atomic mass is 10.1. The molecule has 0 aliphatic heterocycles. The quantitative estimate of drug-likeness (QED) is 0.593. The summed E-state index contributed by atoms with van der Waals surface area (Å²) < 4.78 is -0.568. The van der Waals surface area contributed by atoms with E-state index < -0.39 is 4.33 Å². The van der Waals surface area contributed by atoms with E-state index in [0.29, 0.717) is 6.54 Å². The monoisotopic (exact) mass is 167 g/mol. The van der Waals surface area contributed by atoms with Gasteiger partial charge in [0.05, 0.1) is 0 Å². The van der Waals surface area contributed by atoms with Crippen LogP contribution >= 0.6 is 23.2 Å². The number of hydrogen-bond acceptors (Lipinski definition) is 1. The maximum absolute atomic E-state index is 5.88. The molecule has 0 saturated heterocycles. The van der Waals surface area contributed by atoms with Crippen molar-refractivity contribution in [1.29, 1.82) is 0 Å². The summed E-state index contributed by atoms with van der Waals surface area (Å²) in [6, 6.07) is 0. The van der Waals surface area contributed by atoms with E-state index in [1.54, 1.807) is 0 Å². The van der Waals surface area contributed by atoms with Gasteiger partial charge in [0, 0.05) is 11.3 Å². The second-order valence-corrected chi connectivity index (χ2v) is 4.52. The number of halogens is 2. The molecule has 1 saturated carbocycles. The van der Waals surface area contributed by atoms with Gasteiger partial charge in [-0.05, 0) is 6.54 Å². The third kappa shape index (κ3) is 0.787. The van der Waals surface area contributed by atoms with Crippen LogP contribution in [0.15, 0.2) is 0 Å².